The van der Waals surface area contributed by atoms with Gasteiger partial charge < -0.3 is 9.32 Å². The van der Waals surface area contributed by atoms with Crippen LogP contribution in [0.4, 0.5) is 8.78 Å². The number of benzene rings is 2. The van der Waals surface area contributed by atoms with Crippen LogP contribution in [0, 0.1) is 11.6 Å². The van der Waals surface area contributed by atoms with E-state index in [2.05, 4.69) is 21.9 Å². The van der Waals surface area contributed by atoms with E-state index in [-0.39, 0.29) is 5.56 Å². The molecule has 0 saturated carbocycles. The summed E-state index contributed by atoms with van der Waals surface area (Å²) in [5.41, 5.74) is 3.65. The van der Waals surface area contributed by atoms with Gasteiger partial charge in [-0.1, -0.05) is 12.1 Å². The van der Waals surface area contributed by atoms with E-state index in [1.165, 1.54) is 6.07 Å². The quantitative estimate of drug-likeness (QED) is 0.451. The highest BCUT2D eigenvalue weighted by atomic mass is 19.1. The molecule has 0 spiro atoms. The maximum absolute atomic E-state index is 14.2. The van der Waals surface area contributed by atoms with Crippen LogP contribution in [0.5, 0.6) is 0 Å². The molecule has 1 aliphatic rings. The Labute approximate surface area is 185 Å². The third-order valence-corrected chi connectivity index (χ3v) is 5.94. The van der Waals surface area contributed by atoms with Gasteiger partial charge in [-0.2, -0.15) is 5.10 Å². The maximum Gasteiger partial charge on any atom is 0.152 e. The van der Waals surface area contributed by atoms with Crippen molar-refractivity contribution in [3.05, 3.63) is 84.3 Å². The van der Waals surface area contributed by atoms with Crippen molar-refractivity contribution in [1.29, 1.82) is 0 Å². The molecule has 7 heteroatoms. The highest BCUT2D eigenvalue weighted by Gasteiger charge is 2.21. The SMILES string of the molecule is CN1CCN(Cc2cnn(-c3ccc(-c4cc(F)ccc4F)cc3)c2-c2ccco2)CC1. The van der Waals surface area contributed by atoms with E-state index in [1.807, 2.05) is 35.1 Å². The summed E-state index contributed by atoms with van der Waals surface area (Å²) in [4.78, 5) is 4.75. The van der Waals surface area contributed by atoms with Crippen molar-refractivity contribution in [2.45, 2.75) is 6.54 Å². The largest absolute Gasteiger partial charge is 0.463 e. The molecule has 0 amide bonds. The van der Waals surface area contributed by atoms with Gasteiger partial charge in [0.2, 0.25) is 0 Å². The van der Waals surface area contributed by atoms with Gasteiger partial charge in [0.15, 0.2) is 5.76 Å². The van der Waals surface area contributed by atoms with Gasteiger partial charge in [0.25, 0.3) is 0 Å². The minimum Gasteiger partial charge on any atom is -0.463 e. The van der Waals surface area contributed by atoms with Gasteiger partial charge in [0.1, 0.15) is 17.3 Å². The molecule has 0 aliphatic carbocycles. The molecular weight excluding hydrogens is 410 g/mol. The van der Waals surface area contributed by atoms with Crippen LogP contribution in [-0.4, -0.2) is 52.8 Å². The second kappa shape index (κ2) is 8.68. The van der Waals surface area contributed by atoms with E-state index in [4.69, 9.17) is 4.42 Å². The Morgan fingerprint density at radius 3 is 2.47 bits per heavy atom. The third kappa shape index (κ3) is 4.09. The summed E-state index contributed by atoms with van der Waals surface area (Å²) in [5, 5.41) is 4.64. The van der Waals surface area contributed by atoms with Gasteiger partial charge in [-0.25, -0.2) is 13.5 Å². The first kappa shape index (κ1) is 20.6. The monoisotopic (exact) mass is 434 g/mol. The number of halogens is 2. The van der Waals surface area contributed by atoms with E-state index in [0.29, 0.717) is 5.56 Å². The summed E-state index contributed by atoms with van der Waals surface area (Å²) < 4.78 is 35.4. The van der Waals surface area contributed by atoms with Crippen LogP contribution in [0.3, 0.4) is 0 Å². The molecule has 0 radical (unpaired) electrons. The Hall–Kier alpha value is -3.29. The van der Waals surface area contributed by atoms with Gasteiger partial charge in [-0.3, -0.25) is 4.90 Å². The van der Waals surface area contributed by atoms with E-state index in [0.717, 1.165) is 67.6 Å². The molecule has 3 heterocycles. The molecule has 5 rings (SSSR count). The number of nitrogens with zero attached hydrogens (tertiary/aromatic N) is 4. The highest BCUT2D eigenvalue weighted by molar-refractivity contribution is 5.67. The zero-order chi connectivity index (χ0) is 22.1. The molecule has 0 atom stereocenters. The van der Waals surface area contributed by atoms with Gasteiger partial charge >= 0.3 is 0 Å². The number of likely N-dealkylation sites (N-methyl/N-ethyl adjacent to an activating group) is 1. The first-order chi connectivity index (χ1) is 15.6. The van der Waals surface area contributed by atoms with Crippen molar-refractivity contribution in [2.24, 2.45) is 0 Å². The zero-order valence-corrected chi connectivity index (χ0v) is 17.8. The summed E-state index contributed by atoms with van der Waals surface area (Å²) in [5.74, 6) is -0.179. The molecule has 2 aromatic heterocycles. The van der Waals surface area contributed by atoms with E-state index in [1.54, 1.807) is 18.4 Å². The minimum atomic E-state index is -0.466. The molecule has 32 heavy (non-hydrogen) atoms. The maximum atomic E-state index is 14.2. The first-order valence-corrected chi connectivity index (χ1v) is 10.7. The van der Waals surface area contributed by atoms with E-state index in [9.17, 15) is 8.78 Å². The summed E-state index contributed by atoms with van der Waals surface area (Å²) in [7, 11) is 2.14. The Kier molecular flexibility index (Phi) is 5.59. The topological polar surface area (TPSA) is 37.4 Å². The number of hydrogen-bond donors (Lipinski definition) is 0. The predicted octanol–water partition coefficient (Wildman–Crippen LogP) is 4.82. The molecule has 5 nitrogen and oxygen atoms in total. The van der Waals surface area contributed by atoms with Crippen molar-refractivity contribution < 1.29 is 13.2 Å². The minimum absolute atomic E-state index is 0.235. The van der Waals surface area contributed by atoms with Gasteiger partial charge in [-0.05, 0) is 55.1 Å². The van der Waals surface area contributed by atoms with Crippen LogP contribution in [0.15, 0.2) is 71.5 Å². The standard InChI is InChI=1S/C25H24F2N4O/c1-29-10-12-30(13-11-29)17-19-16-28-31(25(19)24-3-2-14-32-24)21-7-4-18(5-8-21)22-15-20(26)6-9-23(22)27/h2-9,14-16H,10-13,17H2,1H3. The lowest BCUT2D eigenvalue weighted by Gasteiger charge is -2.32. The molecular formula is C25H24F2N4O. The Bertz CT molecular complexity index is 1190. The lowest BCUT2D eigenvalue weighted by Crippen LogP contribution is -2.43. The number of hydrogen-bond acceptors (Lipinski definition) is 4. The normalized spacial score (nSPS) is 15.3. The second-order valence-corrected chi connectivity index (χ2v) is 8.16. The average molecular weight is 434 g/mol. The zero-order valence-electron chi connectivity index (χ0n) is 17.8. The first-order valence-electron chi connectivity index (χ1n) is 10.7. The predicted molar refractivity (Wildman–Crippen MR) is 119 cm³/mol. The highest BCUT2D eigenvalue weighted by Crippen LogP contribution is 2.30. The smallest absolute Gasteiger partial charge is 0.152 e. The number of piperazine rings is 1. The third-order valence-electron chi connectivity index (χ3n) is 5.94. The summed E-state index contributed by atoms with van der Waals surface area (Å²) >= 11 is 0. The van der Waals surface area contributed by atoms with Gasteiger partial charge in [0.05, 0.1) is 18.1 Å². The van der Waals surface area contributed by atoms with Gasteiger partial charge in [0, 0.05) is 43.9 Å². The van der Waals surface area contributed by atoms with Crippen LogP contribution in [0.25, 0.3) is 28.3 Å². The fourth-order valence-corrected chi connectivity index (χ4v) is 4.12. The van der Waals surface area contributed by atoms with Crippen molar-refractivity contribution in [3.63, 3.8) is 0 Å². The van der Waals surface area contributed by atoms with E-state index >= 15 is 0 Å². The molecule has 164 valence electrons. The lowest BCUT2D eigenvalue weighted by atomic mass is 10.0. The molecule has 4 aromatic rings. The summed E-state index contributed by atoms with van der Waals surface area (Å²) in [6.07, 6.45) is 3.54. The number of rotatable bonds is 5. The van der Waals surface area contributed by atoms with Crippen LogP contribution in [-0.2, 0) is 6.54 Å². The molecule has 0 N–H and O–H groups in total. The Morgan fingerprint density at radius 1 is 0.969 bits per heavy atom. The number of aromatic nitrogens is 2. The molecule has 1 saturated heterocycles. The molecule has 0 bridgehead atoms. The van der Waals surface area contributed by atoms with E-state index < -0.39 is 11.6 Å². The lowest BCUT2D eigenvalue weighted by molar-refractivity contribution is 0.148. The Morgan fingerprint density at radius 2 is 1.75 bits per heavy atom. The van der Waals surface area contributed by atoms with Crippen LogP contribution in [0.1, 0.15) is 5.56 Å². The van der Waals surface area contributed by atoms with Crippen molar-refractivity contribution in [2.75, 3.05) is 33.2 Å². The second-order valence-electron chi connectivity index (χ2n) is 8.16. The average Bonchev–Trinajstić information content (AvgIpc) is 3.47. The molecule has 2 aromatic carbocycles. The Balaban J connectivity index is 1.48. The van der Waals surface area contributed by atoms with Crippen molar-refractivity contribution in [1.82, 2.24) is 19.6 Å². The van der Waals surface area contributed by atoms with Crippen molar-refractivity contribution >= 4 is 0 Å². The number of furan rings is 1. The fraction of sp³-hybridized carbons (Fsp3) is 0.240. The summed E-state index contributed by atoms with van der Waals surface area (Å²) in [6, 6.07) is 14.5. The van der Waals surface area contributed by atoms with Crippen molar-refractivity contribution in [3.8, 4) is 28.3 Å². The molecule has 1 fully saturated rings. The molecule has 1 aliphatic heterocycles. The van der Waals surface area contributed by atoms with Gasteiger partial charge in [-0.15, -0.1) is 0 Å². The molecule has 0 unspecified atom stereocenters. The van der Waals surface area contributed by atoms with Crippen LogP contribution in [0.2, 0.25) is 0 Å². The summed E-state index contributed by atoms with van der Waals surface area (Å²) in [6.45, 7) is 4.89. The van der Waals surface area contributed by atoms with Crippen LogP contribution < -0.4 is 0 Å². The van der Waals surface area contributed by atoms with Crippen LogP contribution >= 0.6 is 0 Å². The fourth-order valence-electron chi connectivity index (χ4n) is 4.12.